The molecular formula is C13H8BrNOS. The number of phenolic OH excluding ortho intramolecular Hbond substituents is 1. The molecule has 2 aromatic carbocycles. The summed E-state index contributed by atoms with van der Waals surface area (Å²) in [6, 6.07) is 14.7. The summed E-state index contributed by atoms with van der Waals surface area (Å²) in [7, 11) is 0. The minimum atomic E-state index is 0.227. The van der Waals surface area contributed by atoms with Crippen molar-refractivity contribution >= 4 is 27.7 Å². The van der Waals surface area contributed by atoms with Gasteiger partial charge in [-0.2, -0.15) is 5.26 Å². The van der Waals surface area contributed by atoms with E-state index in [2.05, 4.69) is 22.0 Å². The largest absolute Gasteiger partial charge is 0.508 e. The number of phenols is 1. The molecule has 0 unspecified atom stereocenters. The standard InChI is InChI=1S/C13H8BrNOS/c14-10-4-5-13(9(6-10)8-15)17-12-3-1-2-11(16)7-12/h1-7,16H. The van der Waals surface area contributed by atoms with E-state index in [1.54, 1.807) is 24.3 Å². The van der Waals surface area contributed by atoms with Crippen molar-refractivity contribution in [1.29, 1.82) is 5.26 Å². The zero-order valence-electron chi connectivity index (χ0n) is 8.72. The van der Waals surface area contributed by atoms with Crippen molar-refractivity contribution < 1.29 is 5.11 Å². The van der Waals surface area contributed by atoms with E-state index in [-0.39, 0.29) is 5.75 Å². The van der Waals surface area contributed by atoms with Gasteiger partial charge in [0, 0.05) is 14.3 Å². The highest BCUT2D eigenvalue weighted by Gasteiger charge is 2.05. The van der Waals surface area contributed by atoms with Crippen molar-refractivity contribution in [2.75, 3.05) is 0 Å². The second-order valence-corrected chi connectivity index (χ2v) is 5.38. The van der Waals surface area contributed by atoms with E-state index in [4.69, 9.17) is 5.26 Å². The van der Waals surface area contributed by atoms with Crippen molar-refractivity contribution in [2.24, 2.45) is 0 Å². The van der Waals surface area contributed by atoms with Gasteiger partial charge < -0.3 is 5.11 Å². The maximum Gasteiger partial charge on any atom is 0.116 e. The molecule has 2 nitrogen and oxygen atoms in total. The molecule has 17 heavy (non-hydrogen) atoms. The summed E-state index contributed by atoms with van der Waals surface area (Å²) in [4.78, 5) is 1.78. The second-order valence-electron chi connectivity index (χ2n) is 3.35. The van der Waals surface area contributed by atoms with E-state index in [1.165, 1.54) is 11.8 Å². The Bertz CT molecular complexity index is 592. The average Bonchev–Trinajstić information content (AvgIpc) is 2.31. The van der Waals surface area contributed by atoms with Crippen molar-refractivity contribution in [3.63, 3.8) is 0 Å². The molecule has 0 saturated heterocycles. The molecule has 0 heterocycles. The Morgan fingerprint density at radius 1 is 1.18 bits per heavy atom. The molecule has 2 aromatic rings. The summed E-state index contributed by atoms with van der Waals surface area (Å²) in [6.07, 6.45) is 0. The minimum absolute atomic E-state index is 0.227. The highest BCUT2D eigenvalue weighted by atomic mass is 79.9. The van der Waals surface area contributed by atoms with Gasteiger partial charge in [0.15, 0.2) is 0 Å². The van der Waals surface area contributed by atoms with Crippen molar-refractivity contribution in [3.8, 4) is 11.8 Å². The Hall–Kier alpha value is -1.44. The Morgan fingerprint density at radius 2 is 2.00 bits per heavy atom. The Morgan fingerprint density at radius 3 is 2.71 bits per heavy atom. The summed E-state index contributed by atoms with van der Waals surface area (Å²) in [5, 5.41) is 18.4. The predicted molar refractivity (Wildman–Crippen MR) is 71.1 cm³/mol. The number of nitriles is 1. The molecular weight excluding hydrogens is 298 g/mol. The van der Waals surface area contributed by atoms with Crippen molar-refractivity contribution in [1.82, 2.24) is 0 Å². The number of benzene rings is 2. The molecule has 4 heteroatoms. The zero-order valence-corrected chi connectivity index (χ0v) is 11.1. The van der Waals surface area contributed by atoms with Crippen molar-refractivity contribution in [2.45, 2.75) is 9.79 Å². The second kappa shape index (κ2) is 5.26. The number of halogens is 1. The fraction of sp³-hybridized carbons (Fsp3) is 0. The summed E-state index contributed by atoms with van der Waals surface area (Å²) in [5.74, 6) is 0.227. The van der Waals surface area contributed by atoms with Gasteiger partial charge in [0.25, 0.3) is 0 Å². The molecule has 0 aromatic heterocycles. The van der Waals surface area contributed by atoms with Crippen LogP contribution in [0, 0.1) is 11.3 Å². The van der Waals surface area contributed by atoms with Gasteiger partial charge in [-0.3, -0.25) is 0 Å². The molecule has 0 saturated carbocycles. The molecule has 0 spiro atoms. The maximum atomic E-state index is 9.38. The number of aromatic hydroxyl groups is 1. The van der Waals surface area contributed by atoms with Crippen LogP contribution < -0.4 is 0 Å². The van der Waals surface area contributed by atoms with E-state index in [0.29, 0.717) is 5.56 Å². The van der Waals surface area contributed by atoms with Crippen LogP contribution in [0.15, 0.2) is 56.7 Å². The lowest BCUT2D eigenvalue weighted by molar-refractivity contribution is 0.474. The molecule has 0 amide bonds. The van der Waals surface area contributed by atoms with E-state index in [9.17, 15) is 5.11 Å². The van der Waals surface area contributed by atoms with E-state index in [0.717, 1.165) is 14.3 Å². The van der Waals surface area contributed by atoms with E-state index < -0.39 is 0 Å². The Labute approximate surface area is 112 Å². The highest BCUT2D eigenvalue weighted by Crippen LogP contribution is 2.33. The lowest BCUT2D eigenvalue weighted by Gasteiger charge is -2.04. The fourth-order valence-electron chi connectivity index (χ4n) is 1.35. The van der Waals surface area contributed by atoms with Gasteiger partial charge in [-0.15, -0.1) is 0 Å². The van der Waals surface area contributed by atoms with Gasteiger partial charge in [-0.25, -0.2) is 0 Å². The third kappa shape index (κ3) is 3.02. The number of hydrogen-bond donors (Lipinski definition) is 1. The first-order valence-electron chi connectivity index (χ1n) is 4.85. The predicted octanol–water partition coefficient (Wildman–Crippen LogP) is 4.18. The van der Waals surface area contributed by atoms with Gasteiger partial charge in [0.05, 0.1) is 5.56 Å². The molecule has 0 aliphatic rings. The monoisotopic (exact) mass is 305 g/mol. The van der Waals surface area contributed by atoms with Crippen LogP contribution in [-0.4, -0.2) is 5.11 Å². The normalized spacial score (nSPS) is 9.88. The SMILES string of the molecule is N#Cc1cc(Br)ccc1Sc1cccc(O)c1. The molecule has 2 rings (SSSR count). The molecule has 0 bridgehead atoms. The van der Waals surface area contributed by atoms with Gasteiger partial charge >= 0.3 is 0 Å². The van der Waals surface area contributed by atoms with Gasteiger partial charge in [0.1, 0.15) is 11.8 Å². The molecule has 0 aliphatic carbocycles. The number of nitrogens with zero attached hydrogens (tertiary/aromatic N) is 1. The molecule has 0 aliphatic heterocycles. The highest BCUT2D eigenvalue weighted by molar-refractivity contribution is 9.10. The molecule has 0 fully saturated rings. The average molecular weight is 306 g/mol. The quantitative estimate of drug-likeness (QED) is 0.905. The maximum absolute atomic E-state index is 9.38. The lowest BCUT2D eigenvalue weighted by Crippen LogP contribution is -1.81. The number of rotatable bonds is 2. The van der Waals surface area contributed by atoms with Gasteiger partial charge in [-0.05, 0) is 36.4 Å². The summed E-state index contributed by atoms with van der Waals surface area (Å²) in [5.41, 5.74) is 0.618. The van der Waals surface area contributed by atoms with Crippen molar-refractivity contribution in [3.05, 3.63) is 52.5 Å². The third-order valence-corrected chi connectivity index (χ3v) is 3.67. The van der Waals surface area contributed by atoms with E-state index in [1.807, 2.05) is 18.2 Å². The summed E-state index contributed by atoms with van der Waals surface area (Å²) < 4.78 is 0.884. The molecule has 84 valence electrons. The molecule has 1 N–H and O–H groups in total. The van der Waals surface area contributed by atoms with Gasteiger partial charge in [0.2, 0.25) is 0 Å². The first kappa shape index (κ1) is 12.0. The molecule has 0 atom stereocenters. The van der Waals surface area contributed by atoms with Crippen LogP contribution in [-0.2, 0) is 0 Å². The topological polar surface area (TPSA) is 44.0 Å². The first-order valence-corrected chi connectivity index (χ1v) is 6.46. The minimum Gasteiger partial charge on any atom is -0.508 e. The number of hydrogen-bond acceptors (Lipinski definition) is 3. The first-order chi connectivity index (χ1) is 8.19. The summed E-state index contributed by atoms with van der Waals surface area (Å²) >= 11 is 4.79. The smallest absolute Gasteiger partial charge is 0.116 e. The molecule has 0 radical (unpaired) electrons. The van der Waals surface area contributed by atoms with Gasteiger partial charge in [-0.1, -0.05) is 33.8 Å². The van der Waals surface area contributed by atoms with Crippen LogP contribution >= 0.6 is 27.7 Å². The summed E-state index contributed by atoms with van der Waals surface area (Å²) in [6.45, 7) is 0. The van der Waals surface area contributed by atoms with Crippen LogP contribution in [0.3, 0.4) is 0 Å². The lowest BCUT2D eigenvalue weighted by atomic mass is 10.2. The van der Waals surface area contributed by atoms with Crippen LogP contribution in [0.2, 0.25) is 0 Å². The van der Waals surface area contributed by atoms with Crippen LogP contribution in [0.5, 0.6) is 5.75 Å². The van der Waals surface area contributed by atoms with Crippen LogP contribution in [0.25, 0.3) is 0 Å². The van der Waals surface area contributed by atoms with Crippen LogP contribution in [0.4, 0.5) is 0 Å². The fourth-order valence-corrected chi connectivity index (χ4v) is 2.64. The van der Waals surface area contributed by atoms with E-state index >= 15 is 0 Å². The third-order valence-electron chi connectivity index (χ3n) is 2.11. The Kier molecular flexibility index (Phi) is 3.72. The van der Waals surface area contributed by atoms with Crippen LogP contribution in [0.1, 0.15) is 5.56 Å². The Balaban J connectivity index is 2.34. The zero-order chi connectivity index (χ0) is 12.3.